The van der Waals surface area contributed by atoms with Crippen molar-refractivity contribution in [3.63, 3.8) is 0 Å². The predicted octanol–water partition coefficient (Wildman–Crippen LogP) is 1.94. The van der Waals surface area contributed by atoms with Gasteiger partial charge in [-0.1, -0.05) is 6.07 Å². The summed E-state index contributed by atoms with van der Waals surface area (Å²) in [6.07, 6.45) is 0.721. The maximum atomic E-state index is 13.2. The van der Waals surface area contributed by atoms with E-state index in [1.165, 1.54) is 17.4 Å². The molecule has 0 bridgehead atoms. The molecule has 2 N–H and O–H groups in total. The first-order valence-electron chi connectivity index (χ1n) is 4.05. The Morgan fingerprint density at radius 2 is 2.31 bits per heavy atom. The van der Waals surface area contributed by atoms with E-state index < -0.39 is 0 Å². The third kappa shape index (κ3) is 1.55. The molecule has 0 unspecified atom stereocenters. The number of nitrogens with zero attached hydrogens (tertiary/aromatic N) is 1. The molecule has 0 radical (unpaired) electrons. The standard InChI is InChI=1S/C9H9FN2S/c10-6-2-1-3-7-9(6)13-8(12-7)4-5-11/h1-3H,4-5,11H2. The SMILES string of the molecule is NCCc1nc2cccc(F)c2s1. The molecule has 0 saturated carbocycles. The Labute approximate surface area is 79.2 Å². The normalized spacial score (nSPS) is 10.9. The van der Waals surface area contributed by atoms with E-state index in [2.05, 4.69) is 4.98 Å². The quantitative estimate of drug-likeness (QED) is 0.797. The molecule has 1 aromatic heterocycles. The second-order valence-corrected chi connectivity index (χ2v) is 3.82. The van der Waals surface area contributed by atoms with Crippen LogP contribution >= 0.6 is 11.3 Å². The topological polar surface area (TPSA) is 38.9 Å². The lowest BCUT2D eigenvalue weighted by molar-refractivity contribution is 0.641. The van der Waals surface area contributed by atoms with Gasteiger partial charge >= 0.3 is 0 Å². The summed E-state index contributed by atoms with van der Waals surface area (Å²) in [4.78, 5) is 4.26. The second kappa shape index (κ2) is 3.40. The summed E-state index contributed by atoms with van der Waals surface area (Å²) in [6.45, 7) is 0.557. The summed E-state index contributed by atoms with van der Waals surface area (Å²) in [7, 11) is 0. The monoisotopic (exact) mass is 196 g/mol. The van der Waals surface area contributed by atoms with Crippen LogP contribution in [-0.4, -0.2) is 11.5 Å². The van der Waals surface area contributed by atoms with Crippen LogP contribution < -0.4 is 5.73 Å². The van der Waals surface area contributed by atoms with Gasteiger partial charge in [-0.15, -0.1) is 11.3 Å². The van der Waals surface area contributed by atoms with Crippen molar-refractivity contribution >= 4 is 21.6 Å². The Kier molecular flexibility index (Phi) is 2.24. The van der Waals surface area contributed by atoms with Crippen LogP contribution in [0.1, 0.15) is 5.01 Å². The van der Waals surface area contributed by atoms with Crippen molar-refractivity contribution in [3.8, 4) is 0 Å². The highest BCUT2D eigenvalue weighted by Gasteiger charge is 2.06. The van der Waals surface area contributed by atoms with E-state index in [1.54, 1.807) is 6.07 Å². The molecular formula is C9H9FN2S. The minimum absolute atomic E-state index is 0.196. The third-order valence-corrected chi connectivity index (χ3v) is 2.91. The lowest BCUT2D eigenvalue weighted by Crippen LogP contribution is -2.01. The second-order valence-electron chi connectivity index (χ2n) is 2.73. The van der Waals surface area contributed by atoms with Crippen molar-refractivity contribution in [3.05, 3.63) is 29.0 Å². The zero-order chi connectivity index (χ0) is 9.26. The number of rotatable bonds is 2. The van der Waals surface area contributed by atoms with Gasteiger partial charge in [0.05, 0.1) is 15.2 Å². The molecular weight excluding hydrogens is 187 g/mol. The van der Waals surface area contributed by atoms with Gasteiger partial charge in [0, 0.05) is 6.42 Å². The average molecular weight is 196 g/mol. The van der Waals surface area contributed by atoms with Crippen LogP contribution in [0.5, 0.6) is 0 Å². The van der Waals surface area contributed by atoms with Crippen LogP contribution in [0, 0.1) is 5.82 Å². The Hall–Kier alpha value is -1.00. The zero-order valence-corrected chi connectivity index (χ0v) is 7.77. The van der Waals surface area contributed by atoms with Crippen molar-refractivity contribution in [2.45, 2.75) is 6.42 Å². The Balaban J connectivity index is 2.55. The number of fused-ring (bicyclic) bond motifs is 1. The van der Waals surface area contributed by atoms with Gasteiger partial charge in [0.15, 0.2) is 0 Å². The summed E-state index contributed by atoms with van der Waals surface area (Å²) in [6, 6.07) is 4.94. The van der Waals surface area contributed by atoms with Crippen LogP contribution in [0.25, 0.3) is 10.2 Å². The van der Waals surface area contributed by atoms with E-state index in [0.29, 0.717) is 11.2 Å². The number of hydrogen-bond acceptors (Lipinski definition) is 3. The number of aromatic nitrogens is 1. The van der Waals surface area contributed by atoms with Gasteiger partial charge in [-0.2, -0.15) is 0 Å². The predicted molar refractivity (Wildman–Crippen MR) is 52.3 cm³/mol. The molecule has 0 spiro atoms. The smallest absolute Gasteiger partial charge is 0.142 e. The molecule has 0 saturated heterocycles. The van der Waals surface area contributed by atoms with Crippen molar-refractivity contribution in [2.75, 3.05) is 6.54 Å². The maximum absolute atomic E-state index is 13.2. The van der Waals surface area contributed by atoms with Gasteiger partial charge in [-0.25, -0.2) is 9.37 Å². The molecule has 0 aliphatic heterocycles. The highest BCUT2D eigenvalue weighted by Crippen LogP contribution is 2.24. The van der Waals surface area contributed by atoms with Crippen molar-refractivity contribution in [1.29, 1.82) is 0 Å². The molecule has 2 nitrogen and oxygen atoms in total. The fourth-order valence-electron chi connectivity index (χ4n) is 1.19. The molecule has 0 aliphatic carbocycles. The average Bonchev–Trinajstić information content (AvgIpc) is 2.49. The fraction of sp³-hybridized carbons (Fsp3) is 0.222. The summed E-state index contributed by atoms with van der Waals surface area (Å²) in [5.74, 6) is -0.196. The molecule has 2 aromatic rings. The van der Waals surface area contributed by atoms with Crippen LogP contribution in [0.15, 0.2) is 18.2 Å². The van der Waals surface area contributed by atoms with Crippen molar-refractivity contribution in [1.82, 2.24) is 4.98 Å². The highest BCUT2D eigenvalue weighted by atomic mass is 32.1. The zero-order valence-electron chi connectivity index (χ0n) is 6.96. The molecule has 1 heterocycles. The molecule has 0 aliphatic rings. The number of thiazole rings is 1. The molecule has 0 amide bonds. The van der Waals surface area contributed by atoms with Crippen LogP contribution in [0.4, 0.5) is 4.39 Å². The lowest BCUT2D eigenvalue weighted by atomic mass is 10.3. The van der Waals surface area contributed by atoms with E-state index >= 15 is 0 Å². The minimum Gasteiger partial charge on any atom is -0.330 e. The first kappa shape index (κ1) is 8.59. The fourth-order valence-corrected chi connectivity index (χ4v) is 2.18. The highest BCUT2D eigenvalue weighted by molar-refractivity contribution is 7.18. The van der Waals surface area contributed by atoms with Crippen LogP contribution in [0.3, 0.4) is 0 Å². The van der Waals surface area contributed by atoms with Gasteiger partial charge < -0.3 is 5.73 Å². The molecule has 4 heteroatoms. The number of hydrogen-bond donors (Lipinski definition) is 1. The Morgan fingerprint density at radius 3 is 3.00 bits per heavy atom. The summed E-state index contributed by atoms with van der Waals surface area (Å²) < 4.78 is 13.8. The number of halogens is 1. The van der Waals surface area contributed by atoms with Gasteiger partial charge in [-0.3, -0.25) is 0 Å². The van der Waals surface area contributed by atoms with Crippen molar-refractivity contribution < 1.29 is 4.39 Å². The van der Waals surface area contributed by atoms with E-state index in [-0.39, 0.29) is 5.82 Å². The first-order chi connectivity index (χ1) is 6.31. The first-order valence-corrected chi connectivity index (χ1v) is 4.87. The summed E-state index contributed by atoms with van der Waals surface area (Å²) >= 11 is 1.38. The molecule has 13 heavy (non-hydrogen) atoms. The third-order valence-electron chi connectivity index (χ3n) is 1.77. The van der Waals surface area contributed by atoms with Gasteiger partial charge in [-0.05, 0) is 18.7 Å². The van der Waals surface area contributed by atoms with Crippen LogP contribution in [-0.2, 0) is 6.42 Å². The molecule has 0 fully saturated rings. The number of nitrogens with two attached hydrogens (primary N) is 1. The molecule has 68 valence electrons. The largest absolute Gasteiger partial charge is 0.330 e. The number of benzene rings is 1. The molecule has 2 rings (SSSR count). The Morgan fingerprint density at radius 1 is 1.46 bits per heavy atom. The van der Waals surface area contributed by atoms with E-state index in [1.807, 2.05) is 6.07 Å². The van der Waals surface area contributed by atoms with Gasteiger partial charge in [0.25, 0.3) is 0 Å². The van der Waals surface area contributed by atoms with E-state index in [9.17, 15) is 4.39 Å². The van der Waals surface area contributed by atoms with Crippen LogP contribution in [0.2, 0.25) is 0 Å². The van der Waals surface area contributed by atoms with Gasteiger partial charge in [0.1, 0.15) is 5.82 Å². The molecule has 1 aromatic carbocycles. The molecule has 0 atom stereocenters. The lowest BCUT2D eigenvalue weighted by Gasteiger charge is -1.86. The summed E-state index contributed by atoms with van der Waals surface area (Å²) in [5.41, 5.74) is 6.12. The van der Waals surface area contributed by atoms with Crippen molar-refractivity contribution in [2.24, 2.45) is 5.73 Å². The van der Waals surface area contributed by atoms with E-state index in [0.717, 1.165) is 16.9 Å². The van der Waals surface area contributed by atoms with E-state index in [4.69, 9.17) is 5.73 Å². The minimum atomic E-state index is -0.196. The Bertz CT molecular complexity index is 424. The summed E-state index contributed by atoms with van der Waals surface area (Å²) in [5, 5.41) is 0.905. The van der Waals surface area contributed by atoms with Gasteiger partial charge in [0.2, 0.25) is 0 Å². The maximum Gasteiger partial charge on any atom is 0.142 e.